The number of nitrogens with two attached hydrogens (primary N) is 1. The van der Waals surface area contributed by atoms with E-state index in [-0.39, 0.29) is 0 Å². The molecule has 0 heterocycles. The molecule has 0 aliphatic heterocycles. The van der Waals surface area contributed by atoms with E-state index in [2.05, 4.69) is 11.6 Å². The molecule has 0 radical (unpaired) electrons. The van der Waals surface area contributed by atoms with Gasteiger partial charge < -0.3 is 5.73 Å². The van der Waals surface area contributed by atoms with Gasteiger partial charge in [0, 0.05) is 12.2 Å². The Kier molecular flexibility index (Phi) is 4.39. The summed E-state index contributed by atoms with van der Waals surface area (Å²) in [6.45, 7) is 6.45. The molecule has 0 bridgehead atoms. The first-order valence-electron chi connectivity index (χ1n) is 7.16. The number of anilines is 1. The third-order valence-corrected chi connectivity index (χ3v) is 5.85. The smallest absolute Gasteiger partial charge is 0.240 e. The quantitative estimate of drug-likeness (QED) is 0.839. The maximum Gasteiger partial charge on any atom is 0.240 e. The van der Waals surface area contributed by atoms with Crippen LogP contribution in [0.2, 0.25) is 0 Å². The highest BCUT2D eigenvalue weighted by molar-refractivity contribution is 7.89. The van der Waals surface area contributed by atoms with Gasteiger partial charge in [0.1, 0.15) is 0 Å². The van der Waals surface area contributed by atoms with Gasteiger partial charge in [-0.2, -0.15) is 0 Å². The minimum Gasteiger partial charge on any atom is -0.399 e. The molecule has 1 aromatic rings. The summed E-state index contributed by atoms with van der Waals surface area (Å²) in [5.41, 5.74) is 7.93. The van der Waals surface area contributed by atoms with Crippen molar-refractivity contribution in [3.8, 4) is 0 Å². The largest absolute Gasteiger partial charge is 0.399 e. The fraction of sp³-hybridized carbons (Fsp3) is 0.600. The SMILES string of the molecule is Cc1cc(N)cc(S(=O)(=O)NCC2CCC(C)C2)c1C. The van der Waals surface area contributed by atoms with E-state index in [0.717, 1.165) is 24.0 Å². The summed E-state index contributed by atoms with van der Waals surface area (Å²) in [5.74, 6) is 1.17. The molecular formula is C15H24N2O2S. The van der Waals surface area contributed by atoms with Crippen molar-refractivity contribution in [2.75, 3.05) is 12.3 Å². The van der Waals surface area contributed by atoms with Gasteiger partial charge in [0.05, 0.1) is 4.90 Å². The van der Waals surface area contributed by atoms with Gasteiger partial charge in [-0.15, -0.1) is 0 Å². The van der Waals surface area contributed by atoms with Gasteiger partial charge >= 0.3 is 0 Å². The van der Waals surface area contributed by atoms with Gasteiger partial charge in [-0.3, -0.25) is 0 Å². The van der Waals surface area contributed by atoms with E-state index in [9.17, 15) is 8.42 Å². The number of benzene rings is 1. The predicted octanol–water partition coefficient (Wildman–Crippen LogP) is 2.60. The van der Waals surface area contributed by atoms with Crippen LogP contribution in [0, 0.1) is 25.7 Å². The predicted molar refractivity (Wildman–Crippen MR) is 82.0 cm³/mol. The highest BCUT2D eigenvalue weighted by Gasteiger charge is 2.24. The fourth-order valence-electron chi connectivity index (χ4n) is 2.95. The number of hydrogen-bond acceptors (Lipinski definition) is 3. The summed E-state index contributed by atoms with van der Waals surface area (Å²) in [5, 5.41) is 0. The summed E-state index contributed by atoms with van der Waals surface area (Å²) < 4.78 is 27.6. The second-order valence-corrected chi connectivity index (χ2v) is 7.83. The van der Waals surface area contributed by atoms with Crippen LogP contribution in [0.5, 0.6) is 0 Å². The molecule has 4 nitrogen and oxygen atoms in total. The average molecular weight is 296 g/mol. The molecule has 0 spiro atoms. The van der Waals surface area contributed by atoms with Gasteiger partial charge in [-0.05, 0) is 61.8 Å². The van der Waals surface area contributed by atoms with Crippen molar-refractivity contribution in [2.45, 2.75) is 44.9 Å². The maximum absolute atomic E-state index is 12.4. The second-order valence-electron chi connectivity index (χ2n) is 6.10. The minimum atomic E-state index is -3.47. The molecule has 3 N–H and O–H groups in total. The number of rotatable bonds is 4. The molecule has 20 heavy (non-hydrogen) atoms. The summed E-state index contributed by atoms with van der Waals surface area (Å²) in [6, 6.07) is 3.34. The first-order valence-corrected chi connectivity index (χ1v) is 8.64. The fourth-order valence-corrected chi connectivity index (χ4v) is 4.41. The van der Waals surface area contributed by atoms with Gasteiger partial charge in [0.15, 0.2) is 0 Å². The van der Waals surface area contributed by atoms with Gasteiger partial charge in [-0.1, -0.05) is 13.3 Å². The lowest BCUT2D eigenvalue weighted by Gasteiger charge is -2.15. The Morgan fingerprint density at radius 1 is 1.30 bits per heavy atom. The standard InChI is InChI=1S/C15H24N2O2S/c1-10-4-5-13(6-10)9-17-20(18,19)15-8-14(16)7-11(2)12(15)3/h7-8,10,13,17H,4-6,9,16H2,1-3H3. The monoisotopic (exact) mass is 296 g/mol. The zero-order chi connectivity index (χ0) is 14.9. The van der Waals surface area contributed by atoms with Crippen LogP contribution in [0.4, 0.5) is 5.69 Å². The molecule has 2 unspecified atom stereocenters. The molecule has 2 atom stereocenters. The Balaban J connectivity index is 2.14. The van der Waals surface area contributed by atoms with Crippen LogP contribution in [0.25, 0.3) is 0 Å². The van der Waals surface area contributed by atoms with Crippen LogP contribution in [0.15, 0.2) is 17.0 Å². The zero-order valence-electron chi connectivity index (χ0n) is 12.4. The normalized spacial score (nSPS) is 23.1. The third kappa shape index (κ3) is 3.33. The van der Waals surface area contributed by atoms with E-state index in [0.29, 0.717) is 29.0 Å². The van der Waals surface area contributed by atoms with E-state index < -0.39 is 10.0 Å². The molecule has 1 aromatic carbocycles. The summed E-state index contributed by atoms with van der Waals surface area (Å²) in [4.78, 5) is 0.307. The Hall–Kier alpha value is -1.07. The van der Waals surface area contributed by atoms with Crippen molar-refractivity contribution in [3.05, 3.63) is 23.3 Å². The Labute approximate surface area is 121 Å². The first kappa shape index (κ1) is 15.3. The summed E-state index contributed by atoms with van der Waals surface area (Å²) in [7, 11) is -3.47. The minimum absolute atomic E-state index is 0.307. The van der Waals surface area contributed by atoms with E-state index in [4.69, 9.17) is 5.73 Å². The number of hydrogen-bond donors (Lipinski definition) is 2. The van der Waals surface area contributed by atoms with E-state index in [1.807, 2.05) is 13.8 Å². The molecule has 1 fully saturated rings. The second kappa shape index (κ2) is 5.74. The van der Waals surface area contributed by atoms with E-state index in [1.54, 1.807) is 12.1 Å². The van der Waals surface area contributed by atoms with E-state index in [1.165, 1.54) is 6.42 Å². The molecule has 0 saturated heterocycles. The third-order valence-electron chi connectivity index (χ3n) is 4.30. The van der Waals surface area contributed by atoms with Crippen LogP contribution in [0.3, 0.4) is 0 Å². The Bertz CT molecular complexity index is 596. The molecular weight excluding hydrogens is 272 g/mol. The van der Waals surface area contributed by atoms with Crippen LogP contribution in [-0.4, -0.2) is 15.0 Å². The van der Waals surface area contributed by atoms with Crippen LogP contribution < -0.4 is 10.5 Å². The molecule has 1 aliphatic rings. The maximum atomic E-state index is 12.4. The van der Waals surface area contributed by atoms with Crippen LogP contribution >= 0.6 is 0 Å². The molecule has 1 saturated carbocycles. The van der Waals surface area contributed by atoms with Crippen LogP contribution in [-0.2, 0) is 10.0 Å². The number of sulfonamides is 1. The van der Waals surface area contributed by atoms with Gasteiger partial charge in [0.2, 0.25) is 10.0 Å². The lowest BCUT2D eigenvalue weighted by Crippen LogP contribution is -2.29. The van der Waals surface area contributed by atoms with Crippen molar-refractivity contribution >= 4 is 15.7 Å². The van der Waals surface area contributed by atoms with E-state index >= 15 is 0 Å². The highest BCUT2D eigenvalue weighted by Crippen LogP contribution is 2.30. The summed E-state index contributed by atoms with van der Waals surface area (Å²) >= 11 is 0. The average Bonchev–Trinajstić information content (AvgIpc) is 2.77. The molecule has 0 amide bonds. The molecule has 1 aliphatic carbocycles. The Morgan fingerprint density at radius 2 is 2.00 bits per heavy atom. The van der Waals surface area contributed by atoms with Crippen molar-refractivity contribution < 1.29 is 8.42 Å². The molecule has 0 aromatic heterocycles. The van der Waals surface area contributed by atoms with Gasteiger partial charge in [-0.25, -0.2) is 13.1 Å². The lowest BCUT2D eigenvalue weighted by atomic mass is 10.1. The first-order chi connectivity index (χ1) is 9.29. The van der Waals surface area contributed by atoms with Crippen molar-refractivity contribution in [1.82, 2.24) is 4.72 Å². The van der Waals surface area contributed by atoms with Crippen molar-refractivity contribution in [3.63, 3.8) is 0 Å². The molecule has 5 heteroatoms. The molecule has 2 rings (SSSR count). The lowest BCUT2D eigenvalue weighted by molar-refractivity contribution is 0.498. The Morgan fingerprint density at radius 3 is 2.60 bits per heavy atom. The topological polar surface area (TPSA) is 72.2 Å². The zero-order valence-corrected chi connectivity index (χ0v) is 13.3. The van der Waals surface area contributed by atoms with Crippen molar-refractivity contribution in [2.24, 2.45) is 11.8 Å². The highest BCUT2D eigenvalue weighted by atomic mass is 32.2. The number of nitrogen functional groups attached to an aromatic ring is 1. The molecule has 112 valence electrons. The van der Waals surface area contributed by atoms with Gasteiger partial charge in [0.25, 0.3) is 0 Å². The summed E-state index contributed by atoms with van der Waals surface area (Å²) in [6.07, 6.45) is 3.42. The van der Waals surface area contributed by atoms with Crippen molar-refractivity contribution in [1.29, 1.82) is 0 Å². The number of aryl methyl sites for hydroxylation is 1. The number of nitrogens with one attached hydrogen (secondary N) is 1. The van der Waals surface area contributed by atoms with Crippen LogP contribution in [0.1, 0.15) is 37.3 Å².